The van der Waals surface area contributed by atoms with E-state index in [1.54, 1.807) is 0 Å². The molecule has 1 aliphatic carbocycles. The number of methoxy groups -OCH3 is 1. The smallest absolute Gasteiger partial charge is 0.388 e. The van der Waals surface area contributed by atoms with E-state index in [1.807, 2.05) is 38.1 Å². The van der Waals surface area contributed by atoms with Gasteiger partial charge in [-0.05, 0) is 48.8 Å². The number of aromatic nitrogens is 1. The Hall–Kier alpha value is -2.59. The monoisotopic (exact) mass is 482 g/mol. The number of halogens is 2. The Morgan fingerprint density at radius 3 is 2.45 bits per heavy atom. The van der Waals surface area contributed by atoms with Crippen LogP contribution in [0.2, 0.25) is 0 Å². The quantitative estimate of drug-likeness (QED) is 0.522. The van der Waals surface area contributed by atoms with E-state index in [0.717, 1.165) is 11.1 Å². The van der Waals surface area contributed by atoms with Crippen LogP contribution < -0.4 is 14.8 Å². The molecule has 1 aromatic carbocycles. The fourth-order valence-corrected chi connectivity index (χ4v) is 5.03. The van der Waals surface area contributed by atoms with Gasteiger partial charge in [0.1, 0.15) is 5.69 Å². The number of nitrogens with zero attached hydrogens (tertiary/aromatic N) is 1. The van der Waals surface area contributed by atoms with E-state index >= 15 is 0 Å². The van der Waals surface area contributed by atoms with Gasteiger partial charge in [-0.2, -0.15) is 13.8 Å². The lowest BCUT2D eigenvalue weighted by atomic mass is 9.66. The van der Waals surface area contributed by atoms with Gasteiger partial charge in [0.05, 0.1) is 17.8 Å². The number of ether oxygens (including phenoxy) is 2. The standard InChI is InChI=1S/C23H28F2N2O5S/c1-14(2)16-6-4-5-7-17(16)23(12-10-15(11-13-23)33(29)30)21(28)26-18-8-9-19(31-3)27-20(18)32-22(24)25/h4-9,14-15,22H,10-13H2,1-3H3,(H,26,28)(H,29,30). The van der Waals surface area contributed by atoms with Gasteiger partial charge in [0.25, 0.3) is 0 Å². The second-order valence-electron chi connectivity index (χ2n) is 8.34. The highest BCUT2D eigenvalue weighted by molar-refractivity contribution is 7.79. The van der Waals surface area contributed by atoms with E-state index in [2.05, 4.69) is 15.0 Å². The number of carbonyl (C=O) groups excluding carboxylic acids is 1. The lowest BCUT2D eigenvalue weighted by molar-refractivity contribution is -0.122. The van der Waals surface area contributed by atoms with Crippen LogP contribution in [0.5, 0.6) is 11.8 Å². The maximum Gasteiger partial charge on any atom is 0.388 e. The van der Waals surface area contributed by atoms with Crippen molar-refractivity contribution in [3.8, 4) is 11.8 Å². The van der Waals surface area contributed by atoms with Gasteiger partial charge >= 0.3 is 6.61 Å². The predicted octanol–water partition coefficient (Wildman–Crippen LogP) is 4.86. The lowest BCUT2D eigenvalue weighted by Gasteiger charge is -2.40. The van der Waals surface area contributed by atoms with Crippen LogP contribution in [0.3, 0.4) is 0 Å². The molecule has 1 heterocycles. The summed E-state index contributed by atoms with van der Waals surface area (Å²) in [7, 11) is 1.34. The SMILES string of the molecule is COc1ccc(NC(=O)C2(c3ccccc3C(C)C)CCC(S(=O)O)CC2)c(OC(F)F)n1. The molecule has 0 aliphatic heterocycles. The highest BCUT2D eigenvalue weighted by atomic mass is 32.2. The number of hydrogen-bond donors (Lipinski definition) is 2. The molecule has 7 nitrogen and oxygen atoms in total. The van der Waals surface area contributed by atoms with Crippen molar-refractivity contribution < 1.29 is 31.8 Å². The van der Waals surface area contributed by atoms with Crippen LogP contribution in [-0.4, -0.2) is 38.6 Å². The molecule has 180 valence electrons. The zero-order chi connectivity index (χ0) is 24.2. The molecule has 1 saturated carbocycles. The predicted molar refractivity (Wildman–Crippen MR) is 121 cm³/mol. The van der Waals surface area contributed by atoms with Crippen LogP contribution in [-0.2, 0) is 21.3 Å². The minimum Gasteiger partial charge on any atom is -0.481 e. The Morgan fingerprint density at radius 2 is 1.88 bits per heavy atom. The van der Waals surface area contributed by atoms with Crippen LogP contribution in [0.1, 0.15) is 56.6 Å². The van der Waals surface area contributed by atoms with Gasteiger partial charge in [0.2, 0.25) is 17.7 Å². The first-order chi connectivity index (χ1) is 15.7. The summed E-state index contributed by atoms with van der Waals surface area (Å²) >= 11 is -1.98. The Kier molecular flexibility index (Phi) is 8.01. The maximum atomic E-state index is 13.8. The fraction of sp³-hybridized carbons (Fsp3) is 0.478. The Morgan fingerprint density at radius 1 is 1.21 bits per heavy atom. The van der Waals surface area contributed by atoms with E-state index in [-0.39, 0.29) is 17.5 Å². The molecule has 33 heavy (non-hydrogen) atoms. The van der Waals surface area contributed by atoms with Crippen molar-refractivity contribution >= 4 is 22.7 Å². The molecule has 1 aliphatic rings. The van der Waals surface area contributed by atoms with Gasteiger partial charge in [-0.3, -0.25) is 4.79 Å². The molecule has 2 N–H and O–H groups in total. The largest absolute Gasteiger partial charge is 0.481 e. The van der Waals surface area contributed by atoms with Crippen molar-refractivity contribution in [1.82, 2.24) is 4.98 Å². The van der Waals surface area contributed by atoms with Gasteiger partial charge in [0.15, 0.2) is 11.1 Å². The summed E-state index contributed by atoms with van der Waals surface area (Å²) in [5.74, 6) is -0.649. The van der Waals surface area contributed by atoms with E-state index in [1.165, 1.54) is 19.2 Å². The number of carbonyl (C=O) groups is 1. The van der Waals surface area contributed by atoms with E-state index in [0.29, 0.717) is 25.7 Å². The summed E-state index contributed by atoms with van der Waals surface area (Å²) in [5, 5.41) is 2.31. The molecular weight excluding hydrogens is 454 g/mol. The van der Waals surface area contributed by atoms with Gasteiger partial charge < -0.3 is 19.3 Å². The van der Waals surface area contributed by atoms with Crippen molar-refractivity contribution in [3.05, 3.63) is 47.5 Å². The van der Waals surface area contributed by atoms with E-state index < -0.39 is 40.1 Å². The number of anilines is 1. The number of amides is 1. The Bertz CT molecular complexity index is 1010. The number of rotatable bonds is 8. The topological polar surface area (TPSA) is 97.8 Å². The van der Waals surface area contributed by atoms with Crippen molar-refractivity contribution in [2.24, 2.45) is 0 Å². The summed E-state index contributed by atoms with van der Waals surface area (Å²) in [6, 6.07) is 10.5. The molecule has 0 radical (unpaired) electrons. The van der Waals surface area contributed by atoms with Crippen molar-refractivity contribution in [2.45, 2.75) is 62.7 Å². The maximum absolute atomic E-state index is 13.8. The molecule has 1 atom stereocenters. The summed E-state index contributed by atoms with van der Waals surface area (Å²) < 4.78 is 56.6. The first-order valence-corrected chi connectivity index (χ1v) is 11.8. The molecule has 0 bridgehead atoms. The second-order valence-corrected chi connectivity index (χ2v) is 9.56. The highest BCUT2D eigenvalue weighted by Crippen LogP contribution is 2.44. The molecule has 2 aromatic rings. The van der Waals surface area contributed by atoms with Crippen LogP contribution in [0.15, 0.2) is 36.4 Å². The number of hydrogen-bond acceptors (Lipinski definition) is 5. The molecule has 0 saturated heterocycles. The molecule has 10 heteroatoms. The third-order valence-corrected chi connectivity index (χ3v) is 7.14. The number of benzene rings is 1. The van der Waals surface area contributed by atoms with Crippen LogP contribution >= 0.6 is 0 Å². The van der Waals surface area contributed by atoms with Crippen LogP contribution in [0.25, 0.3) is 0 Å². The summed E-state index contributed by atoms with van der Waals surface area (Å²) in [5.41, 5.74) is 0.819. The van der Waals surface area contributed by atoms with Gasteiger partial charge in [-0.1, -0.05) is 38.1 Å². The molecule has 0 spiro atoms. The fourth-order valence-electron chi connectivity index (χ4n) is 4.39. The normalized spacial score (nSPS) is 21.6. The molecular formula is C23H28F2N2O5S. The first-order valence-electron chi connectivity index (χ1n) is 10.7. The summed E-state index contributed by atoms with van der Waals surface area (Å²) in [6.07, 6.45) is 1.44. The minimum atomic E-state index is -3.13. The highest BCUT2D eigenvalue weighted by Gasteiger charge is 2.46. The average molecular weight is 483 g/mol. The summed E-state index contributed by atoms with van der Waals surface area (Å²) in [4.78, 5) is 17.7. The first kappa shape index (κ1) is 25.0. The number of alkyl halides is 2. The van der Waals surface area contributed by atoms with E-state index in [9.17, 15) is 22.3 Å². The van der Waals surface area contributed by atoms with Gasteiger partial charge in [0, 0.05) is 6.07 Å². The zero-order valence-corrected chi connectivity index (χ0v) is 19.5. The zero-order valence-electron chi connectivity index (χ0n) is 18.7. The van der Waals surface area contributed by atoms with Gasteiger partial charge in [-0.25, -0.2) is 4.21 Å². The molecule has 1 unspecified atom stereocenters. The second kappa shape index (κ2) is 10.6. The number of pyridine rings is 1. The third kappa shape index (κ3) is 5.50. The lowest BCUT2D eigenvalue weighted by Crippen LogP contribution is -2.45. The molecule has 1 aromatic heterocycles. The average Bonchev–Trinajstić information content (AvgIpc) is 2.79. The Labute approximate surface area is 194 Å². The van der Waals surface area contributed by atoms with Gasteiger partial charge in [-0.15, -0.1) is 0 Å². The number of nitrogens with one attached hydrogen (secondary N) is 1. The van der Waals surface area contributed by atoms with Crippen molar-refractivity contribution in [1.29, 1.82) is 0 Å². The summed E-state index contributed by atoms with van der Waals surface area (Å²) in [6.45, 7) is 0.924. The minimum absolute atomic E-state index is 0.00430. The van der Waals surface area contributed by atoms with Crippen LogP contribution in [0.4, 0.5) is 14.5 Å². The Balaban J connectivity index is 2.03. The van der Waals surface area contributed by atoms with Crippen molar-refractivity contribution in [2.75, 3.05) is 12.4 Å². The van der Waals surface area contributed by atoms with E-state index in [4.69, 9.17) is 4.74 Å². The molecule has 1 fully saturated rings. The van der Waals surface area contributed by atoms with Crippen molar-refractivity contribution in [3.63, 3.8) is 0 Å². The third-order valence-electron chi connectivity index (χ3n) is 6.10. The molecule has 1 amide bonds. The van der Waals surface area contributed by atoms with Crippen LogP contribution in [0, 0.1) is 0 Å². The molecule has 3 rings (SSSR count).